The maximum Gasteiger partial charge on any atom is 0.312 e. The molecule has 24 heteroatoms. The average Bonchev–Trinajstić information content (AvgIpc) is 1.56. The molecule has 46 atom stereocenters. The topological polar surface area (TPSA) is 316 Å². The van der Waals surface area contributed by atoms with Gasteiger partial charge in [0.15, 0.2) is 0 Å². The first-order valence-corrected chi connectivity index (χ1v) is 59.8. The molecule has 22 aliphatic carbocycles. The van der Waals surface area contributed by atoms with Crippen molar-refractivity contribution in [2.75, 3.05) is 39.6 Å². The van der Waals surface area contributed by atoms with Crippen molar-refractivity contribution in [3.8, 4) is 0 Å². The van der Waals surface area contributed by atoms with Crippen LogP contribution in [0.2, 0.25) is 0 Å². The largest absolute Gasteiger partial charge is 0.465 e. The molecule has 6 heterocycles. The highest BCUT2D eigenvalue weighted by Crippen LogP contribution is 2.81. The number of hydrogen-bond acceptors (Lipinski definition) is 24. The Bertz CT molecular complexity index is 5030. The number of carbonyl (C=O) groups excluding carboxylic acids is 12. The Labute approximate surface area is 873 Å². The first kappa shape index (κ1) is 104. The highest BCUT2D eigenvalue weighted by Gasteiger charge is 2.79. The van der Waals surface area contributed by atoms with Gasteiger partial charge in [0.05, 0.1) is 108 Å². The minimum Gasteiger partial charge on any atom is -0.465 e. The molecule has 0 radical (unpaired) electrons. The molecule has 6 saturated heterocycles. The zero-order valence-electron chi connectivity index (χ0n) is 92.5. The Balaban J connectivity index is 0.0000000973. The predicted octanol–water partition coefficient (Wildman–Crippen LogP) is 21.1. The van der Waals surface area contributed by atoms with E-state index in [1.54, 1.807) is 0 Å². The first-order valence-electron chi connectivity index (χ1n) is 59.8. The van der Waals surface area contributed by atoms with Gasteiger partial charge in [-0.3, -0.25) is 57.5 Å². The molecule has 6 aliphatic heterocycles. The zero-order chi connectivity index (χ0) is 104. The van der Waals surface area contributed by atoms with Gasteiger partial charge in [-0.2, -0.15) is 0 Å². The summed E-state index contributed by atoms with van der Waals surface area (Å²) in [5, 5.41) is 0. The molecule has 0 N–H and O–H groups in total. The third-order valence-electron chi connectivity index (χ3n) is 51.0. The zero-order valence-corrected chi connectivity index (χ0v) is 92.5. The van der Waals surface area contributed by atoms with E-state index in [2.05, 4.69) is 34.6 Å². The van der Waals surface area contributed by atoms with E-state index in [1.165, 1.54) is 83.5 Å². The van der Waals surface area contributed by atoms with E-state index < -0.39 is 21.7 Å². The van der Waals surface area contributed by atoms with Crippen LogP contribution in [-0.4, -0.2) is 148 Å². The van der Waals surface area contributed by atoms with Crippen molar-refractivity contribution in [3.05, 3.63) is 0 Å². The summed E-state index contributed by atoms with van der Waals surface area (Å²) in [5.74, 6) is 21.1. The third kappa shape index (κ3) is 15.8. The minimum absolute atomic E-state index is 0.0000652. The van der Waals surface area contributed by atoms with Gasteiger partial charge in [-0.15, -0.1) is 0 Å². The van der Waals surface area contributed by atoms with Crippen LogP contribution in [-0.2, 0) is 114 Å². The van der Waals surface area contributed by atoms with Gasteiger partial charge < -0.3 is 56.8 Å². The Morgan fingerprint density at radius 3 is 0.803 bits per heavy atom. The molecule has 0 aromatic carbocycles. The SMILES string of the molecule is CCC(C)(C)C(=O)OC1C(C)C2CC1C1(CCOC1=O)C2.CCC(C)(C)C(=O)OC1C(C)C2CC1C1C2C2CC1C1(COC(=O)C1)C2.CCC(C)(C)C(=O)OC1CC2CC1C1C2C2CC1C1(CCOC1=O)C2.CCC(C)(C)C(=O)OC1CC2CC1C1C2C2CC1C1(CCOC1=O)C2.CCC(C)(C)C(=O)OC1CC2CC1C1C2C2CC1C1(COC(=O)C1)C2.CCC(C)(C)C(=O)OC1CC2CC1C1C2C2CC1C1(COC(=O)C1)C2. The highest BCUT2D eigenvalue weighted by atomic mass is 16.6. The number of esters is 12. The van der Waals surface area contributed by atoms with Gasteiger partial charge in [0.1, 0.15) is 36.6 Å². The lowest BCUT2D eigenvalue weighted by molar-refractivity contribution is -0.173. The molecule has 814 valence electrons. The van der Waals surface area contributed by atoms with Gasteiger partial charge >= 0.3 is 71.6 Å². The Hall–Kier alpha value is -6.36. The van der Waals surface area contributed by atoms with E-state index in [1.807, 2.05) is 104 Å². The van der Waals surface area contributed by atoms with E-state index >= 15 is 0 Å². The van der Waals surface area contributed by atoms with Crippen LogP contribution in [0, 0.1) is 266 Å². The molecule has 28 aliphatic rings. The van der Waals surface area contributed by atoms with Crippen LogP contribution in [0.25, 0.3) is 0 Å². The molecule has 22 saturated carbocycles. The second kappa shape index (κ2) is 36.1. The lowest BCUT2D eigenvalue weighted by Gasteiger charge is -2.47. The normalized spacial score (nSPS) is 48.8. The fourth-order valence-electron chi connectivity index (χ4n) is 41.8. The van der Waals surface area contributed by atoms with Crippen molar-refractivity contribution in [2.24, 2.45) is 266 Å². The summed E-state index contributed by atoms with van der Waals surface area (Å²) >= 11 is 0. The maximum absolute atomic E-state index is 12.7. The Kier molecular flexibility index (Phi) is 25.5. The molecular weight excluding hydrogens is 1860 g/mol. The molecule has 22 bridgehead atoms. The number of carbonyl (C=O) groups is 12. The standard InChI is InChI=1S/C22H32O4.4C21H30O4.C17H26O4/c1-5-21(3,4)20(24)26-19-11(2)13-7-14(19)18-15-6-12(17(13)18)8-22(15)9-16(23)25-10-22;2*1-4-20(2,3)19(23)25-15-7-11-5-13(15)18-14-6-12(17(11)18)8-21(14)9-16(22)24-10-21;2*1-4-20(2,3)18(22)25-15-9-11-7-13(15)17-14-8-12(16(11)17)10-21(14)5-6-24-19(21)23;1-5-16(3,4)14(18)21-13-10(2)11-8-12(13)17(9-11)6-7-20-15(17)19/h11-15,17-19H,5-10H2,1-4H3;2*11-15,17-18H,4-10H2,1-3H3;2*11-17H,4-10H2,1-3H3;10-13H,5-9H2,1-4H3. The van der Waals surface area contributed by atoms with Gasteiger partial charge in [0.25, 0.3) is 0 Å². The van der Waals surface area contributed by atoms with E-state index in [4.69, 9.17) is 56.8 Å². The summed E-state index contributed by atoms with van der Waals surface area (Å²) in [4.78, 5) is 148. The van der Waals surface area contributed by atoms with Crippen molar-refractivity contribution in [3.63, 3.8) is 0 Å². The highest BCUT2D eigenvalue weighted by molar-refractivity contribution is 5.83. The fourth-order valence-corrected chi connectivity index (χ4v) is 41.8. The smallest absolute Gasteiger partial charge is 0.312 e. The first-order chi connectivity index (χ1) is 69.5. The second-order valence-corrected chi connectivity index (χ2v) is 59.1. The number of cyclic esters (lactones) is 6. The number of rotatable bonds is 18. The van der Waals surface area contributed by atoms with E-state index in [-0.39, 0.29) is 157 Å². The van der Waals surface area contributed by atoms with Crippen LogP contribution >= 0.6 is 0 Å². The van der Waals surface area contributed by atoms with E-state index in [9.17, 15) is 57.5 Å². The van der Waals surface area contributed by atoms with Crippen molar-refractivity contribution in [1.82, 2.24) is 0 Å². The molecule has 28 rings (SSSR count). The summed E-state index contributed by atoms with van der Waals surface area (Å²) < 4.78 is 68.5. The molecule has 6 spiro atoms. The van der Waals surface area contributed by atoms with Crippen LogP contribution in [0.5, 0.6) is 0 Å². The average molecular weight is 2040 g/mol. The summed E-state index contributed by atoms with van der Waals surface area (Å²) in [5.41, 5.74) is -2.82. The molecule has 46 unspecified atom stereocenters. The number of hydrogen-bond donors (Lipinski definition) is 0. The maximum atomic E-state index is 12.7. The third-order valence-corrected chi connectivity index (χ3v) is 51.0. The van der Waals surface area contributed by atoms with Crippen LogP contribution in [0.4, 0.5) is 0 Å². The van der Waals surface area contributed by atoms with Crippen molar-refractivity contribution in [2.45, 2.75) is 387 Å². The van der Waals surface area contributed by atoms with Crippen LogP contribution < -0.4 is 0 Å². The summed E-state index contributed by atoms with van der Waals surface area (Å²) in [6, 6.07) is 0. The van der Waals surface area contributed by atoms with E-state index in [0.717, 1.165) is 168 Å². The minimum atomic E-state index is -0.453. The second-order valence-electron chi connectivity index (χ2n) is 59.1. The summed E-state index contributed by atoms with van der Waals surface area (Å²) in [6.45, 7) is 44.1. The van der Waals surface area contributed by atoms with Gasteiger partial charge in [0, 0.05) is 22.2 Å². The predicted molar refractivity (Wildman–Crippen MR) is 539 cm³/mol. The lowest BCUT2D eigenvalue weighted by Crippen LogP contribution is -2.48. The lowest BCUT2D eigenvalue weighted by atomic mass is 9.58. The van der Waals surface area contributed by atoms with Crippen molar-refractivity contribution in [1.29, 1.82) is 0 Å². The monoisotopic (exact) mass is 2040 g/mol. The fraction of sp³-hybridized carbons (Fsp3) is 0.902. The van der Waals surface area contributed by atoms with Crippen molar-refractivity contribution >= 4 is 71.6 Å². The Morgan fingerprint density at radius 1 is 0.259 bits per heavy atom. The molecule has 0 amide bonds. The van der Waals surface area contributed by atoms with E-state index in [0.29, 0.717) is 195 Å². The molecule has 147 heavy (non-hydrogen) atoms. The van der Waals surface area contributed by atoms with Crippen LogP contribution in [0.15, 0.2) is 0 Å². The summed E-state index contributed by atoms with van der Waals surface area (Å²) in [7, 11) is 0. The van der Waals surface area contributed by atoms with Gasteiger partial charge in [-0.05, 0) is 471 Å². The number of fused-ring (bicyclic) bond motifs is 53. The number of ether oxygens (including phenoxy) is 12. The van der Waals surface area contributed by atoms with Gasteiger partial charge in [-0.25, -0.2) is 0 Å². The van der Waals surface area contributed by atoms with Gasteiger partial charge in [0.2, 0.25) is 0 Å². The van der Waals surface area contributed by atoms with Crippen molar-refractivity contribution < 1.29 is 114 Å². The molecule has 24 nitrogen and oxygen atoms in total. The molecule has 0 aromatic heterocycles. The molecular formula is C123H178O24. The van der Waals surface area contributed by atoms with Crippen LogP contribution in [0.1, 0.15) is 350 Å². The molecule has 28 fully saturated rings. The van der Waals surface area contributed by atoms with Crippen LogP contribution in [0.3, 0.4) is 0 Å². The van der Waals surface area contributed by atoms with Gasteiger partial charge in [-0.1, -0.05) is 55.4 Å². The molecule has 0 aromatic rings. The Morgan fingerprint density at radius 2 is 0.517 bits per heavy atom. The quantitative estimate of drug-likeness (QED) is 0.0699. The summed E-state index contributed by atoms with van der Waals surface area (Å²) in [6.07, 6.45) is 33.9.